The van der Waals surface area contributed by atoms with Crippen molar-refractivity contribution in [2.24, 2.45) is 0 Å². The van der Waals surface area contributed by atoms with E-state index < -0.39 is 0 Å². The topological polar surface area (TPSA) is 85.6 Å². The number of carbonyl (C=O) groups excluding carboxylic acids is 1. The van der Waals surface area contributed by atoms with E-state index in [9.17, 15) is 4.79 Å². The number of para-hydroxylation sites is 1. The van der Waals surface area contributed by atoms with Crippen molar-refractivity contribution in [3.8, 4) is 10.6 Å². The third-order valence-electron chi connectivity index (χ3n) is 3.41. The van der Waals surface area contributed by atoms with E-state index >= 15 is 0 Å². The molecule has 0 aliphatic rings. The van der Waals surface area contributed by atoms with Crippen LogP contribution in [0.4, 0.5) is 5.69 Å². The number of amides is 1. The van der Waals surface area contributed by atoms with Crippen molar-refractivity contribution in [3.05, 3.63) is 54.9 Å². The van der Waals surface area contributed by atoms with Crippen LogP contribution in [0, 0.1) is 0 Å². The van der Waals surface area contributed by atoms with Gasteiger partial charge in [-0.15, -0.1) is 16.4 Å². The van der Waals surface area contributed by atoms with E-state index in [0.717, 1.165) is 26.5 Å². The first-order valence-corrected chi connectivity index (χ1v) is 8.06. The second kappa shape index (κ2) is 6.17. The molecule has 0 atom stereocenters. The van der Waals surface area contributed by atoms with Crippen LogP contribution in [0.2, 0.25) is 0 Å². The van der Waals surface area contributed by atoms with Crippen molar-refractivity contribution in [2.75, 3.05) is 5.32 Å². The molecule has 2 aromatic carbocycles. The van der Waals surface area contributed by atoms with E-state index in [-0.39, 0.29) is 12.5 Å². The van der Waals surface area contributed by atoms with Gasteiger partial charge in [-0.05, 0) is 46.8 Å². The lowest BCUT2D eigenvalue weighted by Gasteiger charge is -2.05. The molecule has 7 nitrogen and oxygen atoms in total. The highest BCUT2D eigenvalue weighted by atomic mass is 32.1. The number of anilines is 1. The van der Waals surface area contributed by atoms with Gasteiger partial charge in [-0.25, -0.2) is 9.67 Å². The number of nitrogens with one attached hydrogen (secondary N) is 1. The number of rotatable bonds is 4. The normalized spacial score (nSPS) is 10.8. The molecule has 8 heteroatoms. The average molecular weight is 336 g/mol. The molecule has 4 rings (SSSR count). The van der Waals surface area contributed by atoms with Gasteiger partial charge in [0.25, 0.3) is 0 Å². The van der Waals surface area contributed by atoms with E-state index in [2.05, 4.69) is 31.9 Å². The Morgan fingerprint density at radius 1 is 1.12 bits per heavy atom. The summed E-state index contributed by atoms with van der Waals surface area (Å²) in [7, 11) is 0. The van der Waals surface area contributed by atoms with E-state index in [1.807, 2.05) is 42.5 Å². The molecule has 0 bridgehead atoms. The first kappa shape index (κ1) is 14.5. The minimum atomic E-state index is -0.185. The zero-order valence-electron chi connectivity index (χ0n) is 12.5. The van der Waals surface area contributed by atoms with Gasteiger partial charge in [-0.3, -0.25) is 4.79 Å². The summed E-state index contributed by atoms with van der Waals surface area (Å²) in [5.41, 5.74) is 2.74. The highest BCUT2D eigenvalue weighted by Crippen LogP contribution is 2.30. The van der Waals surface area contributed by atoms with Crippen molar-refractivity contribution in [2.45, 2.75) is 6.54 Å². The second-order valence-corrected chi connectivity index (χ2v) is 6.15. The SMILES string of the molecule is O=C(Cn1cnnn1)Nc1ccc(-c2nc3ccccc3s2)cc1. The van der Waals surface area contributed by atoms with Crippen molar-refractivity contribution in [3.63, 3.8) is 0 Å². The number of hydrogen-bond donors (Lipinski definition) is 1. The summed E-state index contributed by atoms with van der Waals surface area (Å²) in [6.45, 7) is 0.0760. The molecular formula is C16H12N6OS. The van der Waals surface area contributed by atoms with Crippen LogP contribution in [0.25, 0.3) is 20.8 Å². The van der Waals surface area contributed by atoms with Crippen molar-refractivity contribution in [1.29, 1.82) is 0 Å². The van der Waals surface area contributed by atoms with Gasteiger partial charge in [0.2, 0.25) is 5.91 Å². The van der Waals surface area contributed by atoms with Gasteiger partial charge < -0.3 is 5.32 Å². The molecule has 2 heterocycles. The molecule has 2 aromatic heterocycles. The quantitative estimate of drug-likeness (QED) is 0.619. The largest absolute Gasteiger partial charge is 0.324 e. The predicted octanol–water partition coefficient (Wildman–Crippen LogP) is 2.59. The van der Waals surface area contributed by atoms with Gasteiger partial charge in [0.15, 0.2) is 0 Å². The fraction of sp³-hybridized carbons (Fsp3) is 0.0625. The molecule has 0 radical (unpaired) electrons. The number of thiazole rings is 1. The fourth-order valence-corrected chi connectivity index (χ4v) is 3.26. The lowest BCUT2D eigenvalue weighted by molar-refractivity contribution is -0.116. The predicted molar refractivity (Wildman–Crippen MR) is 91.5 cm³/mol. The Kier molecular flexibility index (Phi) is 3.72. The molecule has 1 amide bonds. The molecule has 0 saturated carbocycles. The molecule has 0 saturated heterocycles. The first-order valence-electron chi connectivity index (χ1n) is 7.24. The smallest absolute Gasteiger partial charge is 0.246 e. The number of fused-ring (bicyclic) bond motifs is 1. The minimum Gasteiger partial charge on any atom is -0.324 e. The van der Waals surface area contributed by atoms with E-state index in [1.165, 1.54) is 11.0 Å². The van der Waals surface area contributed by atoms with Crippen LogP contribution in [0.15, 0.2) is 54.9 Å². The molecule has 118 valence electrons. The molecule has 0 aliphatic heterocycles. The summed E-state index contributed by atoms with van der Waals surface area (Å²) in [5, 5.41) is 14.4. The maximum atomic E-state index is 11.9. The van der Waals surface area contributed by atoms with E-state index in [4.69, 9.17) is 0 Å². The lowest BCUT2D eigenvalue weighted by Crippen LogP contribution is -2.19. The third kappa shape index (κ3) is 2.99. The second-order valence-electron chi connectivity index (χ2n) is 5.12. The Labute approximate surface area is 141 Å². The van der Waals surface area contributed by atoms with E-state index in [0.29, 0.717) is 0 Å². The maximum Gasteiger partial charge on any atom is 0.246 e. The standard InChI is InChI=1S/C16H12N6OS/c23-15(9-22-10-17-20-21-22)18-12-7-5-11(6-8-12)16-19-13-3-1-2-4-14(13)24-16/h1-8,10H,9H2,(H,18,23). The van der Waals surface area contributed by atoms with Crippen molar-refractivity contribution in [1.82, 2.24) is 25.2 Å². The number of nitrogens with zero attached hydrogens (tertiary/aromatic N) is 5. The fourth-order valence-electron chi connectivity index (χ4n) is 2.29. The summed E-state index contributed by atoms with van der Waals surface area (Å²) in [4.78, 5) is 16.5. The Morgan fingerprint density at radius 2 is 1.96 bits per heavy atom. The summed E-state index contributed by atoms with van der Waals surface area (Å²) in [5.74, 6) is -0.185. The zero-order chi connectivity index (χ0) is 16.4. The molecular weight excluding hydrogens is 324 g/mol. The molecule has 0 spiro atoms. The van der Waals surface area contributed by atoms with Gasteiger partial charge in [-0.1, -0.05) is 12.1 Å². The highest BCUT2D eigenvalue weighted by Gasteiger charge is 2.07. The highest BCUT2D eigenvalue weighted by molar-refractivity contribution is 7.21. The average Bonchev–Trinajstić information content (AvgIpc) is 3.24. The van der Waals surface area contributed by atoms with Crippen LogP contribution >= 0.6 is 11.3 Å². The number of benzene rings is 2. The van der Waals surface area contributed by atoms with Crippen LogP contribution < -0.4 is 5.32 Å². The number of tetrazole rings is 1. The van der Waals surface area contributed by atoms with Crippen molar-refractivity contribution < 1.29 is 4.79 Å². The van der Waals surface area contributed by atoms with Gasteiger partial charge in [-0.2, -0.15) is 0 Å². The molecule has 0 aliphatic carbocycles. The van der Waals surface area contributed by atoms with Crippen LogP contribution in [0.1, 0.15) is 0 Å². The molecule has 1 N–H and O–H groups in total. The Morgan fingerprint density at radius 3 is 2.71 bits per heavy atom. The van der Waals surface area contributed by atoms with Gasteiger partial charge >= 0.3 is 0 Å². The monoisotopic (exact) mass is 336 g/mol. The van der Waals surface area contributed by atoms with Crippen molar-refractivity contribution >= 4 is 33.1 Å². The lowest BCUT2D eigenvalue weighted by atomic mass is 10.2. The summed E-state index contributed by atoms with van der Waals surface area (Å²) in [6.07, 6.45) is 1.40. The van der Waals surface area contributed by atoms with Crippen LogP contribution in [0.3, 0.4) is 0 Å². The van der Waals surface area contributed by atoms with Crippen LogP contribution in [0.5, 0.6) is 0 Å². The summed E-state index contributed by atoms with van der Waals surface area (Å²) < 4.78 is 2.52. The van der Waals surface area contributed by atoms with Gasteiger partial charge in [0.05, 0.1) is 10.2 Å². The molecule has 4 aromatic rings. The van der Waals surface area contributed by atoms with Gasteiger partial charge in [0, 0.05) is 11.3 Å². The molecule has 24 heavy (non-hydrogen) atoms. The Balaban J connectivity index is 1.49. The van der Waals surface area contributed by atoms with Crippen LogP contribution in [-0.4, -0.2) is 31.1 Å². The minimum absolute atomic E-state index is 0.0760. The third-order valence-corrected chi connectivity index (χ3v) is 4.49. The number of aromatic nitrogens is 5. The summed E-state index contributed by atoms with van der Waals surface area (Å²) >= 11 is 1.65. The number of carbonyl (C=O) groups is 1. The van der Waals surface area contributed by atoms with E-state index in [1.54, 1.807) is 11.3 Å². The summed E-state index contributed by atoms with van der Waals surface area (Å²) in [6, 6.07) is 15.7. The van der Waals surface area contributed by atoms with Crippen LogP contribution in [-0.2, 0) is 11.3 Å². The first-order chi connectivity index (χ1) is 11.8. The van der Waals surface area contributed by atoms with Gasteiger partial charge in [0.1, 0.15) is 17.9 Å². The Hall–Kier alpha value is -3.13. The maximum absolute atomic E-state index is 11.9. The Bertz CT molecular complexity index is 944. The zero-order valence-corrected chi connectivity index (χ0v) is 13.3. The number of hydrogen-bond acceptors (Lipinski definition) is 6. The molecule has 0 fully saturated rings. The molecule has 0 unspecified atom stereocenters.